The fourth-order valence-electron chi connectivity index (χ4n) is 3.92. The predicted molar refractivity (Wildman–Crippen MR) is 113 cm³/mol. The molecule has 1 aliphatic carbocycles. The van der Waals surface area contributed by atoms with Crippen molar-refractivity contribution in [1.29, 1.82) is 5.26 Å². The standard InChI is InChI=1S/C22H17BrFN5O2/c23-13-6-7-16(24)14(9-13)19-15(10-25)21(26)29(17-4-1-5-18(30)20(17)19)28-22(31)12-3-2-8-27-11-12/h2-3,6-9,11,19H,1,4-5,26H2,(H,28,31). The van der Waals surface area contributed by atoms with Crippen LogP contribution in [0.2, 0.25) is 0 Å². The lowest BCUT2D eigenvalue weighted by Crippen LogP contribution is -2.48. The summed E-state index contributed by atoms with van der Waals surface area (Å²) in [5.74, 6) is -2.24. The summed E-state index contributed by atoms with van der Waals surface area (Å²) in [6.07, 6.45) is 4.20. The molecule has 0 bridgehead atoms. The van der Waals surface area contributed by atoms with Crippen LogP contribution in [-0.4, -0.2) is 21.7 Å². The number of nitrogens with one attached hydrogen (secondary N) is 1. The summed E-state index contributed by atoms with van der Waals surface area (Å²) in [4.78, 5) is 29.6. The lowest BCUT2D eigenvalue weighted by molar-refractivity contribution is -0.116. The average molecular weight is 482 g/mol. The highest BCUT2D eigenvalue weighted by atomic mass is 79.9. The quantitative estimate of drug-likeness (QED) is 0.694. The van der Waals surface area contributed by atoms with Gasteiger partial charge in [-0.05, 0) is 43.2 Å². The topological polar surface area (TPSA) is 112 Å². The fraction of sp³-hybridized carbons (Fsp3) is 0.182. The number of hydrazine groups is 1. The minimum Gasteiger partial charge on any atom is -0.383 e. The van der Waals surface area contributed by atoms with Crippen LogP contribution in [-0.2, 0) is 4.79 Å². The molecule has 1 atom stereocenters. The van der Waals surface area contributed by atoms with Crippen LogP contribution in [0.25, 0.3) is 0 Å². The zero-order valence-electron chi connectivity index (χ0n) is 16.2. The number of hydrogen-bond donors (Lipinski definition) is 2. The van der Waals surface area contributed by atoms with Gasteiger partial charge in [-0.3, -0.25) is 20.0 Å². The number of nitrogens with two attached hydrogens (primary N) is 1. The van der Waals surface area contributed by atoms with Gasteiger partial charge in [0.05, 0.1) is 23.1 Å². The second kappa shape index (κ2) is 8.32. The van der Waals surface area contributed by atoms with E-state index in [9.17, 15) is 19.2 Å². The summed E-state index contributed by atoms with van der Waals surface area (Å²) in [6, 6.07) is 9.58. The molecule has 2 aliphatic rings. The number of benzene rings is 1. The lowest BCUT2D eigenvalue weighted by Gasteiger charge is -2.39. The van der Waals surface area contributed by atoms with Crippen molar-refractivity contribution in [2.75, 3.05) is 0 Å². The number of Topliss-reactive ketones (excluding diaryl/α,β-unsaturated/α-hetero) is 1. The number of pyridine rings is 1. The molecule has 4 rings (SSSR count). The maximum atomic E-state index is 14.8. The third-order valence-electron chi connectivity index (χ3n) is 5.32. The van der Waals surface area contributed by atoms with Crippen molar-refractivity contribution in [3.8, 4) is 6.07 Å². The molecule has 1 aliphatic heterocycles. The molecule has 0 saturated heterocycles. The zero-order valence-corrected chi connectivity index (χ0v) is 17.8. The van der Waals surface area contributed by atoms with Gasteiger partial charge in [0, 0.05) is 40.1 Å². The molecule has 3 N–H and O–H groups in total. The fourth-order valence-corrected chi connectivity index (χ4v) is 4.30. The first-order valence-corrected chi connectivity index (χ1v) is 10.3. The lowest BCUT2D eigenvalue weighted by atomic mass is 9.76. The molecule has 0 saturated carbocycles. The number of carbonyl (C=O) groups excluding carboxylic acids is 2. The summed E-state index contributed by atoms with van der Waals surface area (Å²) in [5.41, 5.74) is 10.2. The van der Waals surface area contributed by atoms with Crippen molar-refractivity contribution in [2.45, 2.75) is 25.2 Å². The molecule has 0 spiro atoms. The van der Waals surface area contributed by atoms with Crippen LogP contribution in [0.15, 0.2) is 69.9 Å². The molecule has 2 heterocycles. The van der Waals surface area contributed by atoms with Crippen molar-refractivity contribution in [3.05, 3.63) is 86.8 Å². The van der Waals surface area contributed by atoms with Crippen molar-refractivity contribution in [1.82, 2.24) is 15.4 Å². The largest absolute Gasteiger partial charge is 0.383 e. The summed E-state index contributed by atoms with van der Waals surface area (Å²) < 4.78 is 15.4. The highest BCUT2D eigenvalue weighted by Gasteiger charge is 2.41. The predicted octanol–water partition coefficient (Wildman–Crippen LogP) is 3.43. The maximum Gasteiger partial charge on any atom is 0.271 e. The van der Waals surface area contributed by atoms with Crippen molar-refractivity contribution >= 4 is 27.6 Å². The number of aromatic nitrogens is 1. The van der Waals surface area contributed by atoms with Crippen LogP contribution in [0.3, 0.4) is 0 Å². The zero-order chi connectivity index (χ0) is 22.1. The highest BCUT2D eigenvalue weighted by molar-refractivity contribution is 9.10. The minimum absolute atomic E-state index is 0.00233. The van der Waals surface area contributed by atoms with E-state index in [4.69, 9.17) is 5.73 Å². The number of carbonyl (C=O) groups is 2. The third kappa shape index (κ3) is 3.70. The van der Waals surface area contributed by atoms with Gasteiger partial charge in [0.15, 0.2) is 5.78 Å². The average Bonchev–Trinajstić information content (AvgIpc) is 2.77. The minimum atomic E-state index is -0.947. The van der Waals surface area contributed by atoms with Gasteiger partial charge in [-0.15, -0.1) is 0 Å². The number of halogens is 2. The second-order valence-corrected chi connectivity index (χ2v) is 8.08. The molecule has 2 aromatic rings. The molecule has 7 nitrogen and oxygen atoms in total. The number of rotatable bonds is 3. The van der Waals surface area contributed by atoms with Gasteiger partial charge in [-0.2, -0.15) is 5.26 Å². The Morgan fingerprint density at radius 3 is 2.87 bits per heavy atom. The first kappa shape index (κ1) is 20.8. The van der Waals surface area contributed by atoms with E-state index in [1.165, 1.54) is 23.5 Å². The van der Waals surface area contributed by atoms with Crippen LogP contribution in [0.1, 0.15) is 41.1 Å². The Morgan fingerprint density at radius 2 is 2.16 bits per heavy atom. The maximum absolute atomic E-state index is 14.8. The molecule has 9 heteroatoms. The molecule has 1 amide bonds. The highest BCUT2D eigenvalue weighted by Crippen LogP contribution is 2.45. The molecule has 0 fully saturated rings. The van der Waals surface area contributed by atoms with Crippen molar-refractivity contribution in [2.24, 2.45) is 5.73 Å². The van der Waals surface area contributed by atoms with E-state index in [2.05, 4.69) is 26.3 Å². The van der Waals surface area contributed by atoms with Crippen LogP contribution < -0.4 is 11.2 Å². The Bertz CT molecular complexity index is 1190. The van der Waals surface area contributed by atoms with Gasteiger partial charge in [0.25, 0.3) is 5.91 Å². The van der Waals surface area contributed by atoms with Gasteiger partial charge >= 0.3 is 0 Å². The van der Waals surface area contributed by atoms with E-state index in [1.54, 1.807) is 24.3 Å². The monoisotopic (exact) mass is 481 g/mol. The van der Waals surface area contributed by atoms with Gasteiger partial charge in [0.1, 0.15) is 11.6 Å². The van der Waals surface area contributed by atoms with Gasteiger partial charge in [0.2, 0.25) is 0 Å². The molecule has 1 aromatic carbocycles. The number of amides is 1. The Labute approximate surface area is 186 Å². The first-order chi connectivity index (χ1) is 14.9. The van der Waals surface area contributed by atoms with Gasteiger partial charge in [-0.1, -0.05) is 15.9 Å². The number of nitrogens with zero attached hydrogens (tertiary/aromatic N) is 3. The van der Waals surface area contributed by atoms with Crippen LogP contribution in [0.4, 0.5) is 4.39 Å². The molecule has 1 unspecified atom stereocenters. The molecular formula is C22H17BrFN5O2. The second-order valence-electron chi connectivity index (χ2n) is 7.16. The SMILES string of the molecule is N#CC1=C(N)N(NC(=O)c2cccnc2)C2=C(C(=O)CCC2)C1c1cc(Br)ccc1F. The van der Waals surface area contributed by atoms with E-state index in [0.717, 1.165) is 0 Å². The van der Waals surface area contributed by atoms with Gasteiger partial charge in [-0.25, -0.2) is 9.40 Å². The van der Waals surface area contributed by atoms with Gasteiger partial charge < -0.3 is 5.73 Å². The van der Waals surface area contributed by atoms with Crippen molar-refractivity contribution in [3.63, 3.8) is 0 Å². The Kier molecular flexibility index (Phi) is 5.57. The van der Waals surface area contributed by atoms with Crippen LogP contribution in [0.5, 0.6) is 0 Å². The molecular weight excluding hydrogens is 465 g/mol. The summed E-state index contributed by atoms with van der Waals surface area (Å²) in [6.45, 7) is 0. The van der Waals surface area contributed by atoms with E-state index >= 15 is 0 Å². The van der Waals surface area contributed by atoms with Crippen LogP contribution in [0, 0.1) is 17.1 Å². The summed E-state index contributed by atoms with van der Waals surface area (Å²) in [5, 5.41) is 11.2. The summed E-state index contributed by atoms with van der Waals surface area (Å²) in [7, 11) is 0. The van der Waals surface area contributed by atoms with E-state index < -0.39 is 17.6 Å². The molecule has 1 aromatic heterocycles. The molecule has 156 valence electrons. The normalized spacial score (nSPS) is 18.5. The van der Waals surface area contributed by atoms with E-state index in [0.29, 0.717) is 28.6 Å². The number of hydrogen-bond acceptors (Lipinski definition) is 6. The third-order valence-corrected chi connectivity index (χ3v) is 5.81. The Morgan fingerprint density at radius 1 is 1.35 bits per heavy atom. The number of ketones is 1. The van der Waals surface area contributed by atoms with Crippen molar-refractivity contribution < 1.29 is 14.0 Å². The Hall–Kier alpha value is -3.51. The smallest absolute Gasteiger partial charge is 0.271 e. The van der Waals surface area contributed by atoms with E-state index in [-0.39, 0.29) is 34.7 Å². The first-order valence-electron chi connectivity index (χ1n) is 9.54. The number of allylic oxidation sites excluding steroid dienone is 3. The van der Waals surface area contributed by atoms with E-state index in [1.807, 2.05) is 6.07 Å². The Balaban J connectivity index is 1.86. The molecule has 0 radical (unpaired) electrons. The molecule has 31 heavy (non-hydrogen) atoms. The number of nitriles is 1. The van der Waals surface area contributed by atoms with Crippen LogP contribution >= 0.6 is 15.9 Å². The summed E-state index contributed by atoms with van der Waals surface area (Å²) >= 11 is 3.32.